The molecule has 0 radical (unpaired) electrons. The number of carbonyl (C=O) groups excluding carboxylic acids is 1. The molecule has 4 aromatic carbocycles. The number of benzene rings is 4. The van der Waals surface area contributed by atoms with E-state index in [0.717, 1.165) is 33.2 Å². The molecule has 1 amide bonds. The molecule has 3 heteroatoms. The lowest BCUT2D eigenvalue weighted by atomic mass is 9.97. The summed E-state index contributed by atoms with van der Waals surface area (Å²) >= 11 is 0. The van der Waals surface area contributed by atoms with Crippen molar-refractivity contribution in [1.29, 1.82) is 0 Å². The molecule has 29 heavy (non-hydrogen) atoms. The lowest BCUT2D eigenvalue weighted by Gasteiger charge is -2.20. The van der Waals surface area contributed by atoms with Crippen LogP contribution >= 0.6 is 0 Å². The van der Waals surface area contributed by atoms with Gasteiger partial charge in [0, 0.05) is 0 Å². The number of ether oxygens (including phenoxy) is 1. The van der Waals surface area contributed by atoms with Gasteiger partial charge in [-0.1, -0.05) is 84.9 Å². The SMILES string of the molecule is COc1ccc([C@@H](NC(=O)Cc2cccc3ccccc23)c2ccccc2)cc1. The zero-order chi connectivity index (χ0) is 20.1. The highest BCUT2D eigenvalue weighted by Gasteiger charge is 2.17. The highest BCUT2D eigenvalue weighted by atomic mass is 16.5. The van der Waals surface area contributed by atoms with Gasteiger partial charge in [-0.25, -0.2) is 0 Å². The number of fused-ring (bicyclic) bond motifs is 1. The summed E-state index contributed by atoms with van der Waals surface area (Å²) in [7, 11) is 1.65. The van der Waals surface area contributed by atoms with Crippen molar-refractivity contribution in [1.82, 2.24) is 5.32 Å². The van der Waals surface area contributed by atoms with Crippen molar-refractivity contribution in [3.8, 4) is 5.75 Å². The van der Waals surface area contributed by atoms with E-state index < -0.39 is 0 Å². The fourth-order valence-corrected chi connectivity index (χ4v) is 3.63. The maximum absolute atomic E-state index is 13.0. The van der Waals surface area contributed by atoms with Gasteiger partial charge in [0.15, 0.2) is 0 Å². The van der Waals surface area contributed by atoms with Crippen molar-refractivity contribution in [3.63, 3.8) is 0 Å². The van der Waals surface area contributed by atoms with Gasteiger partial charge in [-0.05, 0) is 39.6 Å². The summed E-state index contributed by atoms with van der Waals surface area (Å²) in [6.07, 6.45) is 0.334. The fourth-order valence-electron chi connectivity index (χ4n) is 3.63. The second-order valence-corrected chi connectivity index (χ2v) is 7.00. The molecule has 0 aliphatic carbocycles. The van der Waals surface area contributed by atoms with Crippen molar-refractivity contribution in [3.05, 3.63) is 114 Å². The number of carbonyl (C=O) groups is 1. The zero-order valence-corrected chi connectivity index (χ0v) is 16.3. The topological polar surface area (TPSA) is 38.3 Å². The fraction of sp³-hybridized carbons (Fsp3) is 0.115. The van der Waals surface area contributed by atoms with Crippen LogP contribution in [0.2, 0.25) is 0 Å². The first-order valence-corrected chi connectivity index (χ1v) is 9.69. The first-order valence-electron chi connectivity index (χ1n) is 9.69. The normalized spacial score (nSPS) is 11.8. The van der Waals surface area contributed by atoms with Gasteiger partial charge in [-0.3, -0.25) is 4.79 Å². The molecule has 0 aromatic heterocycles. The average Bonchev–Trinajstić information content (AvgIpc) is 2.78. The van der Waals surface area contributed by atoms with E-state index in [4.69, 9.17) is 4.74 Å². The van der Waals surface area contributed by atoms with E-state index in [1.165, 1.54) is 0 Å². The Morgan fingerprint density at radius 3 is 2.21 bits per heavy atom. The number of rotatable bonds is 6. The molecule has 0 saturated heterocycles. The van der Waals surface area contributed by atoms with Crippen LogP contribution in [0, 0.1) is 0 Å². The molecule has 0 bridgehead atoms. The first-order chi connectivity index (χ1) is 14.2. The Hall–Kier alpha value is -3.59. The Labute approximate surface area is 171 Å². The minimum Gasteiger partial charge on any atom is -0.497 e. The number of methoxy groups -OCH3 is 1. The molecule has 0 unspecified atom stereocenters. The lowest BCUT2D eigenvalue weighted by Crippen LogP contribution is -2.30. The Morgan fingerprint density at radius 1 is 0.793 bits per heavy atom. The Bertz CT molecular complexity index is 1100. The Kier molecular flexibility index (Phi) is 5.57. The second-order valence-electron chi connectivity index (χ2n) is 7.00. The lowest BCUT2D eigenvalue weighted by molar-refractivity contribution is -0.120. The van der Waals surface area contributed by atoms with Gasteiger partial charge < -0.3 is 10.1 Å². The van der Waals surface area contributed by atoms with Gasteiger partial charge in [0.1, 0.15) is 5.75 Å². The summed E-state index contributed by atoms with van der Waals surface area (Å²) in [6.45, 7) is 0. The maximum Gasteiger partial charge on any atom is 0.225 e. The standard InChI is InChI=1S/C26H23NO2/c1-29-23-16-14-21(15-17-23)26(20-9-3-2-4-10-20)27-25(28)18-22-12-7-11-19-8-5-6-13-24(19)22/h2-17,26H,18H2,1H3,(H,27,28)/t26-/m0/s1. The van der Waals surface area contributed by atoms with Crippen LogP contribution in [0.5, 0.6) is 5.75 Å². The van der Waals surface area contributed by atoms with Crippen molar-refractivity contribution in [2.45, 2.75) is 12.5 Å². The third-order valence-corrected chi connectivity index (χ3v) is 5.12. The van der Waals surface area contributed by atoms with E-state index in [1.54, 1.807) is 7.11 Å². The van der Waals surface area contributed by atoms with Gasteiger partial charge in [-0.15, -0.1) is 0 Å². The molecule has 4 rings (SSSR count). The van der Waals surface area contributed by atoms with Gasteiger partial charge in [0.05, 0.1) is 19.6 Å². The molecule has 144 valence electrons. The number of hydrogen-bond donors (Lipinski definition) is 1. The molecule has 1 atom stereocenters. The third kappa shape index (κ3) is 4.30. The largest absolute Gasteiger partial charge is 0.497 e. The Morgan fingerprint density at radius 2 is 1.45 bits per heavy atom. The van der Waals surface area contributed by atoms with Crippen LogP contribution in [0.25, 0.3) is 10.8 Å². The van der Waals surface area contributed by atoms with E-state index in [9.17, 15) is 4.79 Å². The van der Waals surface area contributed by atoms with Crippen molar-refractivity contribution < 1.29 is 9.53 Å². The number of hydrogen-bond acceptors (Lipinski definition) is 2. The minimum absolute atomic E-state index is 0.00831. The highest BCUT2D eigenvalue weighted by Crippen LogP contribution is 2.25. The quantitative estimate of drug-likeness (QED) is 0.492. The third-order valence-electron chi connectivity index (χ3n) is 5.12. The molecule has 0 heterocycles. The molecule has 3 nitrogen and oxygen atoms in total. The van der Waals surface area contributed by atoms with Gasteiger partial charge >= 0.3 is 0 Å². The number of nitrogens with one attached hydrogen (secondary N) is 1. The number of amides is 1. The predicted molar refractivity (Wildman–Crippen MR) is 117 cm³/mol. The molecule has 1 N–H and O–H groups in total. The maximum atomic E-state index is 13.0. The molecule has 0 aliphatic rings. The molecular formula is C26H23NO2. The van der Waals surface area contributed by atoms with Crippen LogP contribution in [0.1, 0.15) is 22.7 Å². The van der Waals surface area contributed by atoms with Crippen LogP contribution in [-0.2, 0) is 11.2 Å². The smallest absolute Gasteiger partial charge is 0.225 e. The van der Waals surface area contributed by atoms with Crippen molar-refractivity contribution in [2.75, 3.05) is 7.11 Å². The monoisotopic (exact) mass is 381 g/mol. The molecule has 0 saturated carbocycles. The van der Waals surface area contributed by atoms with Gasteiger partial charge in [0.25, 0.3) is 0 Å². The molecular weight excluding hydrogens is 358 g/mol. The van der Waals surface area contributed by atoms with Crippen LogP contribution in [0.4, 0.5) is 0 Å². The summed E-state index contributed by atoms with van der Waals surface area (Å²) in [4.78, 5) is 13.0. The summed E-state index contributed by atoms with van der Waals surface area (Å²) in [5.41, 5.74) is 3.09. The zero-order valence-electron chi connectivity index (χ0n) is 16.3. The minimum atomic E-state index is -0.218. The average molecular weight is 381 g/mol. The molecule has 0 fully saturated rings. The highest BCUT2D eigenvalue weighted by molar-refractivity contribution is 5.90. The Balaban J connectivity index is 1.60. The van der Waals surface area contributed by atoms with E-state index in [2.05, 4.69) is 23.5 Å². The molecule has 0 aliphatic heterocycles. The first kappa shape index (κ1) is 18.8. The van der Waals surface area contributed by atoms with E-state index in [-0.39, 0.29) is 11.9 Å². The second kappa shape index (κ2) is 8.61. The summed E-state index contributed by atoms with van der Waals surface area (Å²) < 4.78 is 5.27. The van der Waals surface area contributed by atoms with Crippen molar-refractivity contribution in [2.24, 2.45) is 0 Å². The van der Waals surface area contributed by atoms with Crippen LogP contribution < -0.4 is 10.1 Å². The van der Waals surface area contributed by atoms with Crippen LogP contribution in [0.3, 0.4) is 0 Å². The van der Waals surface area contributed by atoms with E-state index >= 15 is 0 Å². The summed E-state index contributed by atoms with van der Waals surface area (Å²) in [6, 6.07) is 31.9. The van der Waals surface area contributed by atoms with Gasteiger partial charge in [0.2, 0.25) is 5.91 Å². The summed E-state index contributed by atoms with van der Waals surface area (Å²) in [5, 5.41) is 5.48. The van der Waals surface area contributed by atoms with E-state index in [0.29, 0.717) is 6.42 Å². The molecule has 0 spiro atoms. The van der Waals surface area contributed by atoms with Crippen molar-refractivity contribution >= 4 is 16.7 Å². The van der Waals surface area contributed by atoms with E-state index in [1.807, 2.05) is 78.9 Å². The summed E-state index contributed by atoms with van der Waals surface area (Å²) in [5.74, 6) is 0.786. The predicted octanol–water partition coefficient (Wildman–Crippen LogP) is 5.30. The van der Waals surface area contributed by atoms with Crippen LogP contribution in [0.15, 0.2) is 97.1 Å². The van der Waals surface area contributed by atoms with Crippen LogP contribution in [-0.4, -0.2) is 13.0 Å². The molecule has 4 aromatic rings. The van der Waals surface area contributed by atoms with Gasteiger partial charge in [-0.2, -0.15) is 0 Å².